The van der Waals surface area contributed by atoms with Crippen molar-refractivity contribution in [2.45, 2.75) is 35.1 Å². The second-order valence-corrected chi connectivity index (χ2v) is 7.13. The van der Waals surface area contributed by atoms with Crippen molar-refractivity contribution in [2.75, 3.05) is 6.54 Å². The molecule has 0 aromatic heterocycles. The van der Waals surface area contributed by atoms with Crippen LogP contribution in [0.5, 0.6) is 11.5 Å². The van der Waals surface area contributed by atoms with E-state index in [0.29, 0.717) is 13.0 Å². The predicted octanol–water partition coefficient (Wildman–Crippen LogP) is 3.68. The quantitative estimate of drug-likeness (QED) is 0.683. The summed E-state index contributed by atoms with van der Waals surface area (Å²) in [6, 6.07) is 13.6. The summed E-state index contributed by atoms with van der Waals surface area (Å²) in [5.74, 6) is 1.64. The number of rotatable bonds is 3. The van der Waals surface area contributed by atoms with Crippen LogP contribution in [-0.4, -0.2) is 29.7 Å². The van der Waals surface area contributed by atoms with Gasteiger partial charge in [0.05, 0.1) is 22.3 Å². The van der Waals surface area contributed by atoms with Crippen LogP contribution in [0.1, 0.15) is 18.4 Å². The first kappa shape index (κ1) is 15.3. The molecule has 2 heterocycles. The Kier molecular flexibility index (Phi) is 4.02. The van der Waals surface area contributed by atoms with Crippen molar-refractivity contribution in [1.29, 1.82) is 0 Å². The summed E-state index contributed by atoms with van der Waals surface area (Å²) in [6.07, 6.45) is 2.85. The molecule has 24 heavy (non-hydrogen) atoms. The molecular weight excluding hydrogens is 322 g/mol. The van der Waals surface area contributed by atoms with Crippen molar-refractivity contribution in [2.24, 2.45) is 0 Å². The van der Waals surface area contributed by atoms with E-state index in [9.17, 15) is 9.59 Å². The first-order valence-electron chi connectivity index (χ1n) is 8.07. The smallest absolute Gasteiger partial charge is 0.227 e. The Morgan fingerprint density at radius 3 is 2.92 bits per heavy atom. The summed E-state index contributed by atoms with van der Waals surface area (Å²) < 4.78 is 5.97. The highest BCUT2D eigenvalue weighted by molar-refractivity contribution is 7.99. The van der Waals surface area contributed by atoms with Gasteiger partial charge in [0.1, 0.15) is 17.8 Å². The van der Waals surface area contributed by atoms with Gasteiger partial charge < -0.3 is 14.4 Å². The van der Waals surface area contributed by atoms with Gasteiger partial charge in [-0.1, -0.05) is 30.0 Å². The molecule has 0 N–H and O–H groups in total. The molecule has 0 radical (unpaired) electrons. The third-order valence-electron chi connectivity index (χ3n) is 4.43. The second-order valence-electron chi connectivity index (χ2n) is 6.04. The molecule has 2 aliphatic rings. The van der Waals surface area contributed by atoms with E-state index in [-0.39, 0.29) is 11.9 Å². The van der Waals surface area contributed by atoms with Gasteiger partial charge >= 0.3 is 0 Å². The van der Waals surface area contributed by atoms with Crippen molar-refractivity contribution in [3.8, 4) is 11.5 Å². The summed E-state index contributed by atoms with van der Waals surface area (Å²) in [4.78, 5) is 27.4. The van der Waals surface area contributed by atoms with Crippen LogP contribution in [0.15, 0.2) is 52.3 Å². The normalized spacial score (nSPS) is 18.5. The highest BCUT2D eigenvalue weighted by Gasteiger charge is 2.28. The SMILES string of the molecule is O=CC1CCCN1C(=O)Cc1ccc2c(c1)Oc1ccccc1S2. The number of aldehydes is 1. The zero-order valence-corrected chi connectivity index (χ0v) is 13.9. The van der Waals surface area contributed by atoms with Crippen LogP contribution in [0.25, 0.3) is 0 Å². The standard InChI is InChI=1S/C19H17NO3S/c21-12-14-4-3-9-20(14)19(22)11-13-7-8-18-16(10-13)23-15-5-1-2-6-17(15)24-18/h1-2,5-8,10,12,14H,3-4,9,11H2. The minimum Gasteiger partial charge on any atom is -0.455 e. The Labute approximate surface area is 144 Å². The van der Waals surface area contributed by atoms with E-state index in [1.807, 2.05) is 42.5 Å². The number of carbonyl (C=O) groups is 2. The number of ether oxygens (including phenoxy) is 1. The van der Waals surface area contributed by atoms with Gasteiger partial charge in [-0.25, -0.2) is 0 Å². The summed E-state index contributed by atoms with van der Waals surface area (Å²) in [5, 5.41) is 0. The fraction of sp³-hybridized carbons (Fsp3) is 0.263. The number of hydrogen-bond acceptors (Lipinski definition) is 4. The summed E-state index contributed by atoms with van der Waals surface area (Å²) >= 11 is 1.67. The van der Waals surface area contributed by atoms with Crippen LogP contribution in [0, 0.1) is 0 Å². The third-order valence-corrected chi connectivity index (χ3v) is 5.54. The maximum absolute atomic E-state index is 12.5. The average Bonchev–Trinajstić information content (AvgIpc) is 3.09. The van der Waals surface area contributed by atoms with Crippen LogP contribution in [-0.2, 0) is 16.0 Å². The average molecular weight is 339 g/mol. The van der Waals surface area contributed by atoms with Crippen LogP contribution in [0.3, 0.4) is 0 Å². The van der Waals surface area contributed by atoms with Crippen molar-refractivity contribution < 1.29 is 14.3 Å². The van der Waals surface area contributed by atoms with E-state index >= 15 is 0 Å². The lowest BCUT2D eigenvalue weighted by atomic mass is 10.1. The maximum Gasteiger partial charge on any atom is 0.227 e. The molecule has 1 fully saturated rings. The molecule has 5 heteroatoms. The molecule has 2 aromatic rings. The number of likely N-dealkylation sites (tertiary alicyclic amines) is 1. The lowest BCUT2D eigenvalue weighted by Crippen LogP contribution is -2.37. The van der Waals surface area contributed by atoms with Crippen molar-refractivity contribution >= 4 is 24.0 Å². The molecule has 0 saturated carbocycles. The number of fused-ring (bicyclic) bond motifs is 2. The first-order valence-corrected chi connectivity index (χ1v) is 8.88. The zero-order chi connectivity index (χ0) is 16.5. The summed E-state index contributed by atoms with van der Waals surface area (Å²) in [7, 11) is 0. The number of nitrogens with zero attached hydrogens (tertiary/aromatic N) is 1. The van der Waals surface area contributed by atoms with E-state index in [1.54, 1.807) is 16.7 Å². The molecule has 0 spiro atoms. The highest BCUT2D eigenvalue weighted by atomic mass is 32.2. The monoisotopic (exact) mass is 339 g/mol. The van der Waals surface area contributed by atoms with Gasteiger partial charge in [-0.05, 0) is 42.7 Å². The van der Waals surface area contributed by atoms with E-state index in [2.05, 4.69) is 0 Å². The van der Waals surface area contributed by atoms with E-state index < -0.39 is 0 Å². The van der Waals surface area contributed by atoms with Crippen molar-refractivity contribution in [3.63, 3.8) is 0 Å². The molecule has 0 aliphatic carbocycles. The number of hydrogen-bond donors (Lipinski definition) is 0. The van der Waals surface area contributed by atoms with E-state index in [0.717, 1.165) is 46.0 Å². The lowest BCUT2D eigenvalue weighted by Gasteiger charge is -2.22. The summed E-state index contributed by atoms with van der Waals surface area (Å²) in [5.41, 5.74) is 0.912. The van der Waals surface area contributed by atoms with Crippen LogP contribution < -0.4 is 4.74 Å². The Morgan fingerprint density at radius 1 is 1.21 bits per heavy atom. The number of para-hydroxylation sites is 1. The van der Waals surface area contributed by atoms with Crippen molar-refractivity contribution in [1.82, 2.24) is 4.90 Å². The second kappa shape index (κ2) is 6.32. The molecule has 1 amide bonds. The molecule has 1 atom stereocenters. The molecule has 2 aliphatic heterocycles. The molecule has 1 unspecified atom stereocenters. The minimum atomic E-state index is -0.256. The van der Waals surface area contributed by atoms with Gasteiger partial charge in [0, 0.05) is 6.54 Å². The van der Waals surface area contributed by atoms with Gasteiger partial charge in [-0.2, -0.15) is 0 Å². The molecule has 4 rings (SSSR count). The molecule has 0 bridgehead atoms. The van der Waals surface area contributed by atoms with Crippen LogP contribution in [0.2, 0.25) is 0 Å². The Balaban J connectivity index is 1.52. The fourth-order valence-electron chi connectivity index (χ4n) is 3.20. The third kappa shape index (κ3) is 2.80. The zero-order valence-electron chi connectivity index (χ0n) is 13.1. The lowest BCUT2D eigenvalue weighted by molar-refractivity contribution is -0.133. The number of benzene rings is 2. The molecular formula is C19H17NO3S. The Hall–Kier alpha value is -2.27. The topological polar surface area (TPSA) is 46.6 Å². The fourth-order valence-corrected chi connectivity index (χ4v) is 4.13. The Bertz CT molecular complexity index is 805. The van der Waals surface area contributed by atoms with Gasteiger partial charge in [0.15, 0.2) is 0 Å². The molecule has 122 valence electrons. The van der Waals surface area contributed by atoms with Crippen LogP contribution >= 0.6 is 11.8 Å². The predicted molar refractivity (Wildman–Crippen MR) is 91.6 cm³/mol. The summed E-state index contributed by atoms with van der Waals surface area (Å²) in [6.45, 7) is 0.674. The number of amides is 1. The Morgan fingerprint density at radius 2 is 2.04 bits per heavy atom. The minimum absolute atomic E-state index is 0.00779. The first-order chi connectivity index (χ1) is 11.7. The van der Waals surface area contributed by atoms with Crippen molar-refractivity contribution in [3.05, 3.63) is 48.0 Å². The van der Waals surface area contributed by atoms with Gasteiger partial charge in [-0.3, -0.25) is 4.79 Å². The molecule has 2 aromatic carbocycles. The van der Waals surface area contributed by atoms with E-state index in [1.165, 1.54) is 0 Å². The largest absolute Gasteiger partial charge is 0.455 e. The number of carbonyl (C=O) groups excluding carboxylic acids is 2. The van der Waals surface area contributed by atoms with E-state index in [4.69, 9.17) is 4.74 Å². The highest BCUT2D eigenvalue weighted by Crippen LogP contribution is 2.46. The van der Waals surface area contributed by atoms with Gasteiger partial charge in [0.2, 0.25) is 5.91 Å². The molecule has 4 nitrogen and oxygen atoms in total. The van der Waals surface area contributed by atoms with Crippen LogP contribution in [0.4, 0.5) is 0 Å². The van der Waals surface area contributed by atoms with Gasteiger partial charge in [0.25, 0.3) is 0 Å². The molecule has 1 saturated heterocycles. The maximum atomic E-state index is 12.5. The van der Waals surface area contributed by atoms with Gasteiger partial charge in [-0.15, -0.1) is 0 Å².